The Bertz CT molecular complexity index is 494. The monoisotopic (exact) mass is 237 g/mol. The normalized spacial score (nSPS) is 10.4. The van der Waals surface area contributed by atoms with Crippen LogP contribution < -0.4 is 5.32 Å². The maximum Gasteiger partial charge on any atom is 0.171 e. The van der Waals surface area contributed by atoms with Crippen LogP contribution in [0, 0.1) is 6.92 Å². The lowest BCUT2D eigenvalue weighted by atomic mass is 10.2. The fraction of sp³-hybridized carbons (Fsp3) is 0.300. The third-order valence-electron chi connectivity index (χ3n) is 2.21. The van der Waals surface area contributed by atoms with Crippen LogP contribution in [-0.4, -0.2) is 19.7 Å². The van der Waals surface area contributed by atoms with Gasteiger partial charge < -0.3 is 5.32 Å². The van der Waals surface area contributed by atoms with Crippen molar-refractivity contribution in [1.82, 2.24) is 19.7 Å². The molecule has 2 rings (SSSR count). The molecular formula is C10H12ClN5. The molecule has 2 aromatic rings. The number of anilines is 1. The number of aryl methyl sites for hydroxylation is 2. The molecule has 0 unspecified atom stereocenters. The molecule has 0 amide bonds. The van der Waals surface area contributed by atoms with Gasteiger partial charge in [0.05, 0.1) is 5.69 Å². The smallest absolute Gasteiger partial charge is 0.171 e. The van der Waals surface area contributed by atoms with Gasteiger partial charge in [-0.15, -0.1) is 0 Å². The molecule has 0 bridgehead atoms. The third-order valence-corrected chi connectivity index (χ3v) is 2.49. The predicted octanol–water partition coefficient (Wildman–Crippen LogP) is 1.78. The van der Waals surface area contributed by atoms with Crippen LogP contribution in [0.3, 0.4) is 0 Å². The summed E-state index contributed by atoms with van der Waals surface area (Å²) >= 11 is 5.88. The minimum Gasteiger partial charge on any atom is -0.363 e. The third kappa shape index (κ3) is 2.30. The molecule has 84 valence electrons. The largest absolute Gasteiger partial charge is 0.363 e. The molecule has 5 nitrogen and oxygen atoms in total. The average Bonchev–Trinajstić information content (AvgIpc) is 2.56. The van der Waals surface area contributed by atoms with Crippen LogP contribution in [0.5, 0.6) is 0 Å². The number of aromatic nitrogens is 4. The molecule has 0 radical (unpaired) electrons. The van der Waals surface area contributed by atoms with Crippen LogP contribution in [-0.2, 0) is 13.6 Å². The second kappa shape index (κ2) is 4.49. The van der Waals surface area contributed by atoms with Crippen LogP contribution in [0.4, 0.5) is 5.82 Å². The number of halogens is 1. The molecule has 2 aromatic heterocycles. The summed E-state index contributed by atoms with van der Waals surface area (Å²) in [5, 5.41) is 7.76. The highest BCUT2D eigenvalue weighted by atomic mass is 35.5. The van der Waals surface area contributed by atoms with Crippen LogP contribution >= 0.6 is 11.6 Å². The fourth-order valence-electron chi connectivity index (χ4n) is 1.44. The standard InChI is InChI=1S/C10H12ClN5/c1-7-8(6-16(2)15-7)5-14-10-9(11)12-3-4-13-10/h3-4,6H,5H2,1-2H3,(H,13,14). The first-order chi connectivity index (χ1) is 7.66. The van der Waals surface area contributed by atoms with E-state index in [0.29, 0.717) is 17.5 Å². The molecule has 0 saturated carbocycles. The minimum atomic E-state index is 0.379. The van der Waals surface area contributed by atoms with E-state index in [1.165, 1.54) is 0 Å². The van der Waals surface area contributed by atoms with E-state index in [1.807, 2.05) is 20.2 Å². The van der Waals surface area contributed by atoms with Crippen molar-refractivity contribution in [2.75, 3.05) is 5.32 Å². The molecule has 1 N–H and O–H groups in total. The van der Waals surface area contributed by atoms with Gasteiger partial charge in [0.15, 0.2) is 11.0 Å². The van der Waals surface area contributed by atoms with Crippen molar-refractivity contribution in [3.05, 3.63) is 35.0 Å². The summed E-state index contributed by atoms with van der Waals surface area (Å²) in [4.78, 5) is 8.04. The van der Waals surface area contributed by atoms with Gasteiger partial charge in [-0.25, -0.2) is 9.97 Å². The molecule has 16 heavy (non-hydrogen) atoms. The van der Waals surface area contributed by atoms with Crippen LogP contribution in [0.2, 0.25) is 5.15 Å². The first-order valence-corrected chi connectivity index (χ1v) is 5.24. The summed E-state index contributed by atoms with van der Waals surface area (Å²) in [6.07, 6.45) is 5.12. The molecule has 0 aromatic carbocycles. The molecule has 0 aliphatic carbocycles. The SMILES string of the molecule is Cc1nn(C)cc1CNc1nccnc1Cl. The van der Waals surface area contributed by atoms with Crippen molar-refractivity contribution in [3.63, 3.8) is 0 Å². The predicted molar refractivity (Wildman–Crippen MR) is 62.3 cm³/mol. The Hall–Kier alpha value is -1.62. The molecule has 6 heteroatoms. The summed E-state index contributed by atoms with van der Waals surface area (Å²) in [7, 11) is 1.89. The number of nitrogens with zero attached hydrogens (tertiary/aromatic N) is 4. The van der Waals surface area contributed by atoms with Crippen molar-refractivity contribution in [2.24, 2.45) is 7.05 Å². The Balaban J connectivity index is 2.08. The number of nitrogens with one attached hydrogen (secondary N) is 1. The molecule has 0 aliphatic rings. The quantitative estimate of drug-likeness (QED) is 0.884. The number of rotatable bonds is 3. The second-order valence-corrected chi connectivity index (χ2v) is 3.82. The van der Waals surface area contributed by atoms with Gasteiger partial charge in [0.2, 0.25) is 0 Å². The van der Waals surface area contributed by atoms with Crippen molar-refractivity contribution < 1.29 is 0 Å². The highest BCUT2D eigenvalue weighted by molar-refractivity contribution is 6.31. The van der Waals surface area contributed by atoms with Crippen LogP contribution in [0.1, 0.15) is 11.3 Å². The van der Waals surface area contributed by atoms with E-state index in [1.54, 1.807) is 17.1 Å². The van der Waals surface area contributed by atoms with Gasteiger partial charge in [-0.3, -0.25) is 4.68 Å². The molecule has 0 aliphatic heterocycles. The Labute approximate surface area is 98.5 Å². The van der Waals surface area contributed by atoms with Crippen LogP contribution in [0.25, 0.3) is 0 Å². The average molecular weight is 238 g/mol. The Morgan fingerprint density at radius 2 is 2.12 bits per heavy atom. The van der Waals surface area contributed by atoms with E-state index in [2.05, 4.69) is 20.4 Å². The van der Waals surface area contributed by atoms with Crippen molar-refractivity contribution in [3.8, 4) is 0 Å². The summed E-state index contributed by atoms with van der Waals surface area (Å²) in [5.74, 6) is 0.590. The van der Waals surface area contributed by atoms with Crippen molar-refractivity contribution in [1.29, 1.82) is 0 Å². The molecule has 2 heterocycles. The maximum absolute atomic E-state index is 5.88. The van der Waals surface area contributed by atoms with Gasteiger partial charge in [-0.2, -0.15) is 5.10 Å². The number of hydrogen-bond acceptors (Lipinski definition) is 4. The zero-order chi connectivity index (χ0) is 11.5. The Morgan fingerprint density at radius 1 is 1.38 bits per heavy atom. The molecular weight excluding hydrogens is 226 g/mol. The van der Waals surface area contributed by atoms with Gasteiger partial charge in [0.25, 0.3) is 0 Å². The van der Waals surface area contributed by atoms with Crippen molar-refractivity contribution >= 4 is 17.4 Å². The summed E-state index contributed by atoms with van der Waals surface area (Å²) in [6, 6.07) is 0. The summed E-state index contributed by atoms with van der Waals surface area (Å²) in [6.45, 7) is 2.60. The zero-order valence-corrected chi connectivity index (χ0v) is 9.86. The highest BCUT2D eigenvalue weighted by Gasteiger charge is 2.05. The van der Waals surface area contributed by atoms with Gasteiger partial charge in [-0.05, 0) is 6.92 Å². The van der Waals surface area contributed by atoms with Crippen molar-refractivity contribution in [2.45, 2.75) is 13.5 Å². The highest BCUT2D eigenvalue weighted by Crippen LogP contribution is 2.15. The molecule has 0 atom stereocenters. The van der Waals surface area contributed by atoms with Gasteiger partial charge in [-0.1, -0.05) is 11.6 Å². The lowest BCUT2D eigenvalue weighted by molar-refractivity contribution is 0.756. The lowest BCUT2D eigenvalue weighted by Gasteiger charge is -2.04. The first kappa shape index (κ1) is 10.9. The molecule has 0 spiro atoms. The molecule has 0 fully saturated rings. The van der Waals surface area contributed by atoms with Gasteiger partial charge in [0.1, 0.15) is 0 Å². The van der Waals surface area contributed by atoms with E-state index < -0.39 is 0 Å². The first-order valence-electron chi connectivity index (χ1n) is 4.86. The Kier molecular flexibility index (Phi) is 3.05. The van der Waals surface area contributed by atoms with E-state index in [-0.39, 0.29) is 0 Å². The fourth-order valence-corrected chi connectivity index (χ4v) is 1.61. The summed E-state index contributed by atoms with van der Waals surface area (Å²) in [5.41, 5.74) is 2.11. The van der Waals surface area contributed by atoms with E-state index in [9.17, 15) is 0 Å². The summed E-state index contributed by atoms with van der Waals surface area (Å²) < 4.78 is 1.78. The second-order valence-electron chi connectivity index (χ2n) is 3.46. The topological polar surface area (TPSA) is 55.6 Å². The minimum absolute atomic E-state index is 0.379. The maximum atomic E-state index is 5.88. The van der Waals surface area contributed by atoms with Crippen LogP contribution in [0.15, 0.2) is 18.6 Å². The lowest BCUT2D eigenvalue weighted by Crippen LogP contribution is -2.02. The van der Waals surface area contributed by atoms with E-state index in [0.717, 1.165) is 11.3 Å². The van der Waals surface area contributed by atoms with Gasteiger partial charge >= 0.3 is 0 Å². The zero-order valence-electron chi connectivity index (χ0n) is 9.11. The van der Waals surface area contributed by atoms with Gasteiger partial charge in [0, 0.05) is 37.7 Å². The Morgan fingerprint density at radius 3 is 2.75 bits per heavy atom. The van der Waals surface area contributed by atoms with E-state index >= 15 is 0 Å². The molecule has 0 saturated heterocycles. The van der Waals surface area contributed by atoms with E-state index in [4.69, 9.17) is 11.6 Å². The number of hydrogen-bond donors (Lipinski definition) is 1.